The van der Waals surface area contributed by atoms with Gasteiger partial charge in [0.05, 0.1) is 31.0 Å². The van der Waals surface area contributed by atoms with Crippen molar-refractivity contribution >= 4 is 40.3 Å². The molecule has 1 atom stereocenters. The number of nitrogens with zero attached hydrogens (tertiary/aromatic N) is 3. The summed E-state index contributed by atoms with van der Waals surface area (Å²) in [5.74, 6) is 0. The molecule has 10 heteroatoms. The summed E-state index contributed by atoms with van der Waals surface area (Å²) in [5.41, 5.74) is 0.918. The number of morpholine rings is 1. The van der Waals surface area contributed by atoms with Crippen molar-refractivity contribution in [1.82, 2.24) is 19.4 Å². The predicted molar refractivity (Wildman–Crippen MR) is 118 cm³/mol. The van der Waals surface area contributed by atoms with Gasteiger partial charge in [-0.05, 0) is 44.5 Å². The number of aromatic amines is 1. The Morgan fingerprint density at radius 3 is 2.77 bits per heavy atom. The highest BCUT2D eigenvalue weighted by Gasteiger charge is 2.33. The number of hydrogen-bond acceptors (Lipinski definition) is 5. The fourth-order valence-corrected chi connectivity index (χ4v) is 4.15. The lowest BCUT2D eigenvalue weighted by atomic mass is 10.0. The third-order valence-corrected chi connectivity index (χ3v) is 5.52. The second-order valence-corrected chi connectivity index (χ2v) is 9.04. The van der Waals surface area contributed by atoms with Gasteiger partial charge in [0.1, 0.15) is 10.8 Å². The maximum absolute atomic E-state index is 12.7. The van der Waals surface area contributed by atoms with E-state index in [0.29, 0.717) is 46.7 Å². The first-order valence-corrected chi connectivity index (χ1v) is 10.5. The van der Waals surface area contributed by atoms with Gasteiger partial charge in [-0.2, -0.15) is 0 Å². The van der Waals surface area contributed by atoms with Crippen LogP contribution in [0.4, 0.5) is 4.79 Å². The molecule has 2 aromatic heterocycles. The number of fused-ring (bicyclic) bond motifs is 1. The smallest absolute Gasteiger partial charge is 0.410 e. The molecule has 0 saturated carbocycles. The van der Waals surface area contributed by atoms with E-state index < -0.39 is 11.7 Å². The number of amides is 1. The Hall–Kier alpha value is -2.55. The minimum absolute atomic E-state index is 0.277. The molecule has 4 rings (SSSR count). The first-order valence-electron chi connectivity index (χ1n) is 9.77. The number of nitrogens with one attached hydrogen (secondary N) is 1. The number of hydrogen-bond donors (Lipinski definition) is 1. The van der Waals surface area contributed by atoms with E-state index in [9.17, 15) is 9.59 Å². The molecule has 0 bridgehead atoms. The van der Waals surface area contributed by atoms with Gasteiger partial charge in [-0.1, -0.05) is 29.3 Å². The third-order valence-electron chi connectivity index (χ3n) is 4.91. The quantitative estimate of drug-likeness (QED) is 0.609. The highest BCUT2D eigenvalue weighted by molar-refractivity contribution is 6.32. The fraction of sp³-hybridized carbons (Fsp3) is 0.381. The van der Waals surface area contributed by atoms with Crippen molar-refractivity contribution in [3.05, 3.63) is 56.7 Å². The first kappa shape index (κ1) is 21.7. The molecule has 1 unspecified atom stereocenters. The molecule has 1 amide bonds. The van der Waals surface area contributed by atoms with Gasteiger partial charge in [-0.3, -0.25) is 14.3 Å². The molecule has 1 N–H and O–H groups in total. The molecule has 0 spiro atoms. The van der Waals surface area contributed by atoms with Crippen LogP contribution in [-0.4, -0.2) is 50.9 Å². The van der Waals surface area contributed by atoms with E-state index in [1.54, 1.807) is 21.6 Å². The van der Waals surface area contributed by atoms with Crippen molar-refractivity contribution in [3.63, 3.8) is 0 Å². The van der Waals surface area contributed by atoms with Crippen LogP contribution in [0.3, 0.4) is 0 Å². The Bertz CT molecular complexity index is 1200. The van der Waals surface area contributed by atoms with Crippen LogP contribution in [-0.2, 0) is 9.47 Å². The van der Waals surface area contributed by atoms with Crippen molar-refractivity contribution < 1.29 is 14.3 Å². The molecule has 1 fully saturated rings. The molecule has 3 aromatic rings. The second kappa shape index (κ2) is 8.18. The molecule has 8 nitrogen and oxygen atoms in total. The Morgan fingerprint density at radius 1 is 1.29 bits per heavy atom. The van der Waals surface area contributed by atoms with E-state index in [1.165, 1.54) is 6.33 Å². The topological polar surface area (TPSA) is 89.5 Å². The van der Waals surface area contributed by atoms with Crippen LogP contribution in [0.5, 0.6) is 0 Å². The average molecular weight is 465 g/mol. The van der Waals surface area contributed by atoms with Gasteiger partial charge in [0.25, 0.3) is 5.56 Å². The maximum Gasteiger partial charge on any atom is 0.410 e. The lowest BCUT2D eigenvalue weighted by Crippen LogP contribution is -2.45. The first-order chi connectivity index (χ1) is 14.7. The number of halogens is 2. The van der Waals surface area contributed by atoms with Crippen molar-refractivity contribution in [2.75, 3.05) is 19.8 Å². The van der Waals surface area contributed by atoms with E-state index in [0.717, 1.165) is 5.56 Å². The second-order valence-electron chi connectivity index (χ2n) is 8.24. The van der Waals surface area contributed by atoms with Crippen molar-refractivity contribution in [3.8, 4) is 5.69 Å². The molecule has 1 aliphatic rings. The third kappa shape index (κ3) is 4.28. The summed E-state index contributed by atoms with van der Waals surface area (Å²) in [6.45, 7) is 6.61. The molecule has 0 aliphatic carbocycles. The molecule has 1 aromatic carbocycles. The molecule has 1 aliphatic heterocycles. The van der Waals surface area contributed by atoms with Crippen molar-refractivity contribution in [2.45, 2.75) is 32.4 Å². The summed E-state index contributed by atoms with van der Waals surface area (Å²) >= 11 is 13.0. The molecule has 31 heavy (non-hydrogen) atoms. The van der Waals surface area contributed by atoms with Crippen LogP contribution in [0.2, 0.25) is 10.2 Å². The summed E-state index contributed by atoms with van der Waals surface area (Å²) in [7, 11) is 0. The molecule has 0 radical (unpaired) electrons. The number of benzene rings is 1. The van der Waals surface area contributed by atoms with Gasteiger partial charge in [0.15, 0.2) is 5.65 Å². The summed E-state index contributed by atoms with van der Waals surface area (Å²) in [6, 6.07) is 6.54. The Kier molecular flexibility index (Phi) is 5.72. The zero-order valence-corrected chi connectivity index (χ0v) is 18.8. The summed E-state index contributed by atoms with van der Waals surface area (Å²) in [4.78, 5) is 33.2. The van der Waals surface area contributed by atoms with Crippen molar-refractivity contribution in [2.24, 2.45) is 0 Å². The lowest BCUT2D eigenvalue weighted by molar-refractivity contribution is -0.0330. The van der Waals surface area contributed by atoms with E-state index in [4.69, 9.17) is 32.7 Å². The molecule has 1 saturated heterocycles. The number of H-pyrrole nitrogens is 1. The van der Waals surface area contributed by atoms with Crippen LogP contribution >= 0.6 is 23.2 Å². The van der Waals surface area contributed by atoms with E-state index in [2.05, 4.69) is 9.97 Å². The molecule has 3 heterocycles. The molecular weight excluding hydrogens is 443 g/mol. The minimum atomic E-state index is -0.606. The van der Waals surface area contributed by atoms with Gasteiger partial charge in [-0.25, -0.2) is 9.78 Å². The Labute approximate surface area is 188 Å². The zero-order chi connectivity index (χ0) is 22.3. The average Bonchev–Trinajstić information content (AvgIpc) is 3.04. The number of rotatable bonds is 2. The Balaban J connectivity index is 1.71. The van der Waals surface area contributed by atoms with Crippen molar-refractivity contribution in [1.29, 1.82) is 0 Å². The standard InChI is InChI=1S/C21H22Cl2N4O4/c1-21(2,3)31-20(29)26-6-7-30-10-16(26)13-5-4-12(8-15(13)22)27-17(23)9-14-18(27)24-11-25-19(14)28/h4-5,8-9,11,16H,6-7,10H2,1-3H3,(H,24,25,28). The van der Waals surface area contributed by atoms with E-state index in [1.807, 2.05) is 32.9 Å². The summed E-state index contributed by atoms with van der Waals surface area (Å²) < 4.78 is 12.8. The normalized spacial score (nSPS) is 17.2. The van der Waals surface area contributed by atoms with Crippen LogP contribution in [0, 0.1) is 0 Å². The SMILES string of the molecule is CC(C)(C)OC(=O)N1CCOCC1c1ccc(-n2c(Cl)cc3c(=O)[nH]cnc32)cc1Cl. The van der Waals surface area contributed by atoms with Crippen LogP contribution in [0.25, 0.3) is 16.7 Å². The van der Waals surface area contributed by atoms with Crippen LogP contribution < -0.4 is 5.56 Å². The van der Waals surface area contributed by atoms with Gasteiger partial charge in [0.2, 0.25) is 0 Å². The van der Waals surface area contributed by atoms with E-state index in [-0.39, 0.29) is 11.6 Å². The highest BCUT2D eigenvalue weighted by Crippen LogP contribution is 2.34. The maximum atomic E-state index is 12.7. The number of carbonyl (C=O) groups excluding carboxylic acids is 1. The minimum Gasteiger partial charge on any atom is -0.444 e. The van der Waals surface area contributed by atoms with Gasteiger partial charge in [0, 0.05) is 17.3 Å². The monoisotopic (exact) mass is 464 g/mol. The zero-order valence-electron chi connectivity index (χ0n) is 17.3. The van der Waals surface area contributed by atoms with Crippen LogP contribution in [0.15, 0.2) is 35.4 Å². The lowest BCUT2D eigenvalue weighted by Gasteiger charge is -2.37. The summed E-state index contributed by atoms with van der Waals surface area (Å²) in [6.07, 6.45) is 0.912. The number of ether oxygens (including phenoxy) is 2. The van der Waals surface area contributed by atoms with Gasteiger partial charge >= 0.3 is 6.09 Å². The van der Waals surface area contributed by atoms with Gasteiger partial charge < -0.3 is 14.5 Å². The number of aromatic nitrogens is 3. The Morgan fingerprint density at radius 2 is 2.06 bits per heavy atom. The van der Waals surface area contributed by atoms with Gasteiger partial charge in [-0.15, -0.1) is 0 Å². The predicted octanol–water partition coefficient (Wildman–Crippen LogP) is 4.33. The largest absolute Gasteiger partial charge is 0.444 e. The molecular formula is C21H22Cl2N4O4. The fourth-order valence-electron chi connectivity index (χ4n) is 3.57. The highest BCUT2D eigenvalue weighted by atomic mass is 35.5. The van der Waals surface area contributed by atoms with Crippen LogP contribution in [0.1, 0.15) is 32.4 Å². The molecule has 164 valence electrons. The van der Waals surface area contributed by atoms with E-state index >= 15 is 0 Å². The number of carbonyl (C=O) groups is 1. The summed E-state index contributed by atoms with van der Waals surface area (Å²) in [5, 5.41) is 1.15.